The lowest BCUT2D eigenvalue weighted by molar-refractivity contribution is -0.128. The second-order valence-corrected chi connectivity index (χ2v) is 27.0. The van der Waals surface area contributed by atoms with E-state index in [0.29, 0.717) is 31.7 Å². The van der Waals surface area contributed by atoms with Crippen LogP contribution in [0.25, 0.3) is 50.9 Å². The number of piperazine rings is 3. The summed E-state index contributed by atoms with van der Waals surface area (Å²) in [7, 11) is 12.6. The number of rotatable bonds is 24. The molecule has 0 saturated carbocycles. The summed E-state index contributed by atoms with van der Waals surface area (Å²) >= 11 is 0. The van der Waals surface area contributed by atoms with Gasteiger partial charge in [-0.3, -0.25) is 29.0 Å². The van der Waals surface area contributed by atoms with Gasteiger partial charge in [-0.2, -0.15) is 0 Å². The number of aryl methyl sites for hydroxylation is 2. The maximum absolute atomic E-state index is 12.9. The average Bonchev–Trinajstić information content (AvgIpc) is 1.65. The van der Waals surface area contributed by atoms with Gasteiger partial charge in [0.15, 0.2) is 0 Å². The first kappa shape index (κ1) is 72.9. The second kappa shape index (κ2) is 36.3. The van der Waals surface area contributed by atoms with Gasteiger partial charge in [-0.15, -0.1) is 0 Å². The van der Waals surface area contributed by atoms with Gasteiger partial charge in [-0.1, -0.05) is 116 Å². The Labute approximate surface area is 578 Å². The van der Waals surface area contributed by atoms with Crippen LogP contribution in [0.4, 0.5) is 0 Å². The number of aromatic nitrogens is 3. The first-order valence-corrected chi connectivity index (χ1v) is 35.4. The molecule has 3 saturated heterocycles. The fourth-order valence-corrected chi connectivity index (χ4v) is 13.6. The standard InChI is InChI=1S/C28H34N4O2.C28H36N4O.C25H38N4O/c1-22-24(25-12-7-8-13-26(25)32(22)17-9-16-29(2)3)14-15-27(33)30-18-20-31(21-19-30)28(34)23-10-5-4-6-11-23;1-23-25(26-11-7-8-12-27(26)32(23)22-17-29(2)3)13-14-28(33)31-20-18-30(19-21-31)16-15-24-9-5-4-6-10-24;1-5-6-15-27-17-19-28(20-18-27)25(30)13-12-22-21(2)29(16-9-14-26(3)4)24-11-8-7-10-23(22)24/h4-8,10-15H,9,16-21H2,1-3H3;4-14H,15-22H2,1-3H3;7-8,10-13H,5-6,9,14-20H2,1-4H3/b15-14+;14-13+;13-12+. The fourth-order valence-electron chi connectivity index (χ4n) is 13.6. The molecule has 3 aliphatic heterocycles. The molecule has 0 atom stereocenters. The second-order valence-electron chi connectivity index (χ2n) is 27.0. The summed E-state index contributed by atoms with van der Waals surface area (Å²) in [5, 5.41) is 3.61. The van der Waals surface area contributed by atoms with E-state index in [2.05, 4.69) is 205 Å². The number of unbranched alkanes of at least 4 members (excludes halogenated alkanes) is 1. The molecule has 16 heteroatoms. The first-order valence-electron chi connectivity index (χ1n) is 35.4. The Morgan fingerprint density at radius 1 is 0.371 bits per heavy atom. The fraction of sp³-hybridized carbons (Fsp3) is 0.432. The largest absolute Gasteiger partial charge is 0.344 e. The molecule has 16 nitrogen and oxygen atoms in total. The van der Waals surface area contributed by atoms with Crippen molar-refractivity contribution < 1.29 is 19.2 Å². The van der Waals surface area contributed by atoms with E-state index in [4.69, 9.17) is 0 Å². The summed E-state index contributed by atoms with van der Waals surface area (Å²) in [5.41, 5.74) is 12.8. The minimum absolute atomic E-state index is 0.00403. The number of fused-ring (bicyclic) bond motifs is 3. The van der Waals surface area contributed by atoms with Crippen molar-refractivity contribution in [2.45, 2.75) is 79.4 Å². The predicted molar refractivity (Wildman–Crippen MR) is 402 cm³/mol. The van der Waals surface area contributed by atoms with Gasteiger partial charge in [-0.25, -0.2) is 0 Å². The zero-order valence-corrected chi connectivity index (χ0v) is 59.8. The molecule has 0 aliphatic carbocycles. The Balaban J connectivity index is 0.000000171. The molecule has 0 unspecified atom stereocenters. The number of carbonyl (C=O) groups is 4. The molecule has 5 aromatic carbocycles. The van der Waals surface area contributed by atoms with Gasteiger partial charge in [0.05, 0.1) is 0 Å². The lowest BCUT2D eigenvalue weighted by Crippen LogP contribution is -2.50. The van der Waals surface area contributed by atoms with Crippen molar-refractivity contribution in [1.82, 2.24) is 57.8 Å². The van der Waals surface area contributed by atoms with Crippen LogP contribution in [-0.4, -0.2) is 235 Å². The van der Waals surface area contributed by atoms with Gasteiger partial charge in [0.2, 0.25) is 17.7 Å². The molecule has 4 amide bonds. The summed E-state index contributed by atoms with van der Waals surface area (Å²) in [4.78, 5) is 70.5. The Bertz CT molecular complexity index is 3930. The van der Waals surface area contributed by atoms with Crippen molar-refractivity contribution in [3.05, 3.63) is 197 Å². The van der Waals surface area contributed by atoms with E-state index in [9.17, 15) is 19.2 Å². The van der Waals surface area contributed by atoms with Crippen molar-refractivity contribution in [3.63, 3.8) is 0 Å². The Morgan fingerprint density at radius 2 is 0.711 bits per heavy atom. The number of nitrogens with zero attached hydrogens (tertiary/aromatic N) is 12. The summed E-state index contributed by atoms with van der Waals surface area (Å²) in [6.07, 6.45) is 17.0. The van der Waals surface area contributed by atoms with Crippen molar-refractivity contribution in [3.8, 4) is 0 Å². The third kappa shape index (κ3) is 19.9. The van der Waals surface area contributed by atoms with Crippen molar-refractivity contribution in [2.75, 3.05) is 154 Å². The zero-order valence-electron chi connectivity index (χ0n) is 59.8. The molecule has 0 radical (unpaired) electrons. The minimum Gasteiger partial charge on any atom is -0.344 e. The summed E-state index contributed by atoms with van der Waals surface area (Å²) < 4.78 is 7.12. The number of hydrogen-bond acceptors (Lipinski definition) is 9. The third-order valence-corrected chi connectivity index (χ3v) is 19.4. The van der Waals surface area contributed by atoms with Crippen LogP contribution in [-0.2, 0) is 40.4 Å². The number of likely N-dealkylation sites (N-methyl/N-ethyl adjacent to an activating group) is 1. The maximum atomic E-state index is 12.9. The summed E-state index contributed by atoms with van der Waals surface area (Å²) in [5.74, 6) is 0.271. The number of para-hydroxylation sites is 3. The highest BCUT2D eigenvalue weighted by Gasteiger charge is 2.26. The van der Waals surface area contributed by atoms with E-state index in [1.807, 2.05) is 74.2 Å². The Kier molecular flexibility index (Phi) is 27.3. The molecular weight excluding hydrogens is 1200 g/mol. The molecular formula is C81H108N12O4. The van der Waals surface area contributed by atoms with Gasteiger partial charge >= 0.3 is 0 Å². The van der Waals surface area contributed by atoms with Crippen LogP contribution in [0, 0.1) is 20.8 Å². The molecule has 0 spiro atoms. The molecule has 0 bridgehead atoms. The van der Waals surface area contributed by atoms with E-state index in [0.717, 1.165) is 135 Å². The summed E-state index contributed by atoms with van der Waals surface area (Å²) in [6, 6.07) is 45.4. The van der Waals surface area contributed by atoms with Gasteiger partial charge in [0.1, 0.15) is 0 Å². The molecule has 97 heavy (non-hydrogen) atoms. The van der Waals surface area contributed by atoms with Crippen molar-refractivity contribution in [1.29, 1.82) is 0 Å². The van der Waals surface area contributed by atoms with E-state index in [-0.39, 0.29) is 23.6 Å². The van der Waals surface area contributed by atoms with Gasteiger partial charge in [0.25, 0.3) is 5.91 Å². The molecule has 3 fully saturated rings. The van der Waals surface area contributed by atoms with Crippen LogP contribution in [0.3, 0.4) is 0 Å². The van der Waals surface area contributed by atoms with E-state index >= 15 is 0 Å². The molecule has 516 valence electrons. The average molecular weight is 1310 g/mol. The highest BCUT2D eigenvalue weighted by molar-refractivity contribution is 6.00. The molecule has 3 aliphatic rings. The topological polar surface area (TPSA) is 112 Å². The van der Waals surface area contributed by atoms with E-state index < -0.39 is 0 Å². The van der Waals surface area contributed by atoms with E-state index in [1.54, 1.807) is 18.2 Å². The highest BCUT2D eigenvalue weighted by atomic mass is 16.2. The smallest absolute Gasteiger partial charge is 0.253 e. The third-order valence-electron chi connectivity index (χ3n) is 19.4. The first-order chi connectivity index (χ1) is 47.0. The number of hydrogen-bond donors (Lipinski definition) is 0. The SMILES string of the molecule is CCCCN1CCN(C(=O)/C=C/c2c(C)n(CCCN(C)C)c3ccccc23)CC1.Cc1c(/C=C/C(=O)N2CCN(C(=O)c3ccccc3)CC2)c2ccccc2n1CCCN(C)C.Cc1c(/C=C/C(=O)N2CCN(CCc3ccccc3)CC2)c2ccccc2n1CCN(C)C. The van der Waals surface area contributed by atoms with Crippen LogP contribution in [0.5, 0.6) is 0 Å². The minimum atomic E-state index is -0.00403. The predicted octanol–water partition coefficient (Wildman–Crippen LogP) is 11.7. The quantitative estimate of drug-likeness (QED) is 0.0546. The van der Waals surface area contributed by atoms with Gasteiger partial charge in [-0.05, 0) is 162 Å². The Hall–Kier alpha value is -8.38. The molecule has 0 N–H and O–H groups in total. The molecule has 11 rings (SSSR count). The number of carbonyl (C=O) groups excluding carboxylic acids is 4. The van der Waals surface area contributed by atoms with Crippen LogP contribution >= 0.6 is 0 Å². The molecule has 3 aromatic heterocycles. The van der Waals surface area contributed by atoms with Gasteiger partial charge in [0, 0.05) is 202 Å². The summed E-state index contributed by atoms with van der Waals surface area (Å²) in [6.45, 7) is 26.2. The lowest BCUT2D eigenvalue weighted by atomic mass is 10.1. The Morgan fingerprint density at radius 3 is 1.10 bits per heavy atom. The van der Waals surface area contributed by atoms with E-state index in [1.165, 1.54) is 73.8 Å². The molecule has 6 heterocycles. The normalized spacial score (nSPS) is 15.1. The maximum Gasteiger partial charge on any atom is 0.253 e. The highest BCUT2D eigenvalue weighted by Crippen LogP contribution is 2.31. The van der Waals surface area contributed by atoms with Crippen LogP contribution in [0.15, 0.2) is 152 Å². The lowest BCUT2D eigenvalue weighted by Gasteiger charge is -2.34. The van der Waals surface area contributed by atoms with Crippen molar-refractivity contribution >= 4 is 74.6 Å². The van der Waals surface area contributed by atoms with Crippen LogP contribution < -0.4 is 0 Å². The van der Waals surface area contributed by atoms with Gasteiger partial charge < -0.3 is 48.0 Å². The van der Waals surface area contributed by atoms with Crippen LogP contribution in [0.2, 0.25) is 0 Å². The van der Waals surface area contributed by atoms with Crippen molar-refractivity contribution in [2.24, 2.45) is 0 Å². The number of benzene rings is 5. The monoisotopic (exact) mass is 1310 g/mol. The molecule has 8 aromatic rings. The van der Waals surface area contributed by atoms with Crippen LogP contribution in [0.1, 0.15) is 82.3 Å². The zero-order chi connectivity index (χ0) is 68.8. The number of amides is 4.